The Morgan fingerprint density at radius 2 is 2.00 bits per heavy atom. The van der Waals surface area contributed by atoms with Crippen LogP contribution in [-0.2, 0) is 11.3 Å². The van der Waals surface area contributed by atoms with Gasteiger partial charge in [0.1, 0.15) is 23.0 Å². The van der Waals surface area contributed by atoms with Crippen molar-refractivity contribution in [1.29, 1.82) is 5.26 Å². The summed E-state index contributed by atoms with van der Waals surface area (Å²) < 4.78 is 12.6. The number of rotatable bonds is 5. The zero-order chi connectivity index (χ0) is 20.3. The number of aryl methyl sites for hydroxylation is 1. The number of fused-ring (bicyclic) bond motifs is 1. The van der Waals surface area contributed by atoms with Gasteiger partial charge in [-0.25, -0.2) is 9.59 Å². The van der Waals surface area contributed by atoms with Crippen LogP contribution in [0.5, 0.6) is 5.75 Å². The Kier molecular flexibility index (Phi) is 5.46. The van der Waals surface area contributed by atoms with Gasteiger partial charge >= 0.3 is 11.6 Å². The van der Waals surface area contributed by atoms with Gasteiger partial charge in [0.2, 0.25) is 0 Å². The molecule has 28 heavy (non-hydrogen) atoms. The zero-order valence-electron chi connectivity index (χ0n) is 16.0. The molecule has 6 nitrogen and oxygen atoms in total. The van der Waals surface area contributed by atoms with Crippen molar-refractivity contribution in [3.05, 3.63) is 69.3 Å². The highest BCUT2D eigenvalue weighted by Crippen LogP contribution is 2.22. The molecule has 1 aromatic carbocycles. The molecule has 2 aromatic heterocycles. The number of hydrogen-bond donors (Lipinski definition) is 0. The van der Waals surface area contributed by atoms with E-state index in [2.05, 4.69) is 11.5 Å². The molecule has 0 aliphatic rings. The highest BCUT2D eigenvalue weighted by Gasteiger charge is 2.15. The molecule has 0 radical (unpaired) electrons. The number of hydrogen-bond acceptors (Lipinski definition) is 5. The first-order valence-corrected chi connectivity index (χ1v) is 8.97. The van der Waals surface area contributed by atoms with Crippen LogP contribution in [0.2, 0.25) is 0 Å². The maximum Gasteiger partial charge on any atom is 0.354 e. The molecule has 0 spiro atoms. The summed E-state index contributed by atoms with van der Waals surface area (Å²) in [7, 11) is 0. The summed E-state index contributed by atoms with van der Waals surface area (Å²) in [6.07, 6.45) is 2.53. The van der Waals surface area contributed by atoms with Gasteiger partial charge in [-0.1, -0.05) is 6.92 Å². The Hall–Kier alpha value is -3.59. The normalized spacial score (nSPS) is 11.4. The van der Waals surface area contributed by atoms with Gasteiger partial charge in [0.05, 0.1) is 0 Å². The van der Waals surface area contributed by atoms with E-state index in [1.807, 2.05) is 26.0 Å². The minimum atomic E-state index is -0.763. The Labute approximate surface area is 162 Å². The summed E-state index contributed by atoms with van der Waals surface area (Å²) in [6, 6.07) is 11.5. The summed E-state index contributed by atoms with van der Waals surface area (Å²) >= 11 is 0. The van der Waals surface area contributed by atoms with Crippen molar-refractivity contribution in [2.45, 2.75) is 33.7 Å². The summed E-state index contributed by atoms with van der Waals surface area (Å²) in [5.74, 6) is -0.565. The lowest BCUT2D eigenvalue weighted by Crippen LogP contribution is -2.10. The van der Waals surface area contributed by atoms with E-state index in [9.17, 15) is 14.9 Å². The predicted molar refractivity (Wildman–Crippen MR) is 106 cm³/mol. The minimum absolute atomic E-state index is 0.105. The molecule has 0 aliphatic carbocycles. The number of carbonyl (C=O) groups is 1. The van der Waals surface area contributed by atoms with Crippen molar-refractivity contribution in [3.8, 4) is 11.8 Å². The largest absolute Gasteiger partial charge is 0.423 e. The molecule has 0 saturated carbocycles. The molecule has 3 aromatic rings. The molecule has 0 unspecified atom stereocenters. The molecule has 3 rings (SSSR count). The lowest BCUT2D eigenvalue weighted by atomic mass is 10.1. The molecule has 0 amide bonds. The number of nitriles is 1. The quantitative estimate of drug-likeness (QED) is 0.220. The first-order chi connectivity index (χ1) is 13.4. The highest BCUT2D eigenvalue weighted by atomic mass is 16.5. The number of aromatic nitrogens is 1. The van der Waals surface area contributed by atoms with Crippen molar-refractivity contribution in [2.75, 3.05) is 0 Å². The topological polar surface area (TPSA) is 85.2 Å². The fourth-order valence-electron chi connectivity index (χ4n) is 3.10. The smallest absolute Gasteiger partial charge is 0.354 e. The van der Waals surface area contributed by atoms with Gasteiger partial charge in [0.15, 0.2) is 0 Å². The number of esters is 1. The van der Waals surface area contributed by atoms with E-state index in [0.717, 1.165) is 29.9 Å². The third-order valence-electron chi connectivity index (χ3n) is 4.51. The van der Waals surface area contributed by atoms with E-state index < -0.39 is 11.6 Å². The zero-order valence-corrected chi connectivity index (χ0v) is 16.0. The number of ether oxygens (including phenoxy) is 1. The molecule has 142 valence electrons. The van der Waals surface area contributed by atoms with Crippen LogP contribution in [0.1, 0.15) is 30.3 Å². The minimum Gasteiger partial charge on any atom is -0.423 e. The van der Waals surface area contributed by atoms with E-state index >= 15 is 0 Å². The Morgan fingerprint density at radius 1 is 1.25 bits per heavy atom. The van der Waals surface area contributed by atoms with Crippen LogP contribution in [0, 0.1) is 25.2 Å². The average molecular weight is 376 g/mol. The first-order valence-electron chi connectivity index (χ1n) is 8.97. The molecular weight excluding hydrogens is 356 g/mol. The molecule has 0 N–H and O–H groups in total. The Balaban J connectivity index is 1.88. The summed E-state index contributed by atoms with van der Waals surface area (Å²) in [4.78, 5) is 23.8. The summed E-state index contributed by atoms with van der Waals surface area (Å²) in [5.41, 5.74) is 2.59. The van der Waals surface area contributed by atoms with E-state index in [1.54, 1.807) is 18.2 Å². The first kappa shape index (κ1) is 19.2. The lowest BCUT2D eigenvalue weighted by Gasteiger charge is -2.07. The van der Waals surface area contributed by atoms with Gasteiger partial charge in [0, 0.05) is 35.5 Å². The SMILES string of the molecule is CCCn1c(C)cc(/C=C(\C#N)C(=O)Oc2ccc3ccc(=O)oc3c2)c1C. The summed E-state index contributed by atoms with van der Waals surface area (Å²) in [5, 5.41) is 10.1. The molecule has 0 atom stereocenters. The van der Waals surface area contributed by atoms with Crippen molar-refractivity contribution in [2.24, 2.45) is 0 Å². The molecule has 0 fully saturated rings. The van der Waals surface area contributed by atoms with Crippen LogP contribution in [0.15, 0.2) is 51.2 Å². The van der Waals surface area contributed by atoms with Crippen molar-refractivity contribution < 1.29 is 13.9 Å². The van der Waals surface area contributed by atoms with Gasteiger partial charge in [0.25, 0.3) is 0 Å². The van der Waals surface area contributed by atoms with Gasteiger partial charge in [-0.15, -0.1) is 0 Å². The van der Waals surface area contributed by atoms with Crippen LogP contribution < -0.4 is 10.4 Å². The third kappa shape index (κ3) is 3.89. The number of carbonyl (C=O) groups excluding carboxylic acids is 1. The van der Waals surface area contributed by atoms with Crippen LogP contribution in [0.3, 0.4) is 0 Å². The summed E-state index contributed by atoms with van der Waals surface area (Å²) in [6.45, 7) is 6.92. The molecule has 0 saturated heterocycles. The Bertz CT molecular complexity index is 1180. The second-order valence-corrected chi connectivity index (χ2v) is 6.49. The monoisotopic (exact) mass is 376 g/mol. The highest BCUT2D eigenvalue weighted by molar-refractivity contribution is 5.99. The van der Waals surface area contributed by atoms with Crippen LogP contribution in [0.4, 0.5) is 0 Å². The molecule has 6 heteroatoms. The molecule has 0 bridgehead atoms. The van der Waals surface area contributed by atoms with Gasteiger partial charge < -0.3 is 13.7 Å². The predicted octanol–water partition coefficient (Wildman–Crippen LogP) is 4.13. The molecule has 0 aliphatic heterocycles. The van der Waals surface area contributed by atoms with Gasteiger partial charge in [-0.2, -0.15) is 5.26 Å². The van der Waals surface area contributed by atoms with Crippen molar-refractivity contribution in [1.82, 2.24) is 4.57 Å². The van der Waals surface area contributed by atoms with Crippen LogP contribution in [0.25, 0.3) is 17.0 Å². The van der Waals surface area contributed by atoms with Crippen molar-refractivity contribution >= 4 is 23.0 Å². The number of nitrogens with zero attached hydrogens (tertiary/aromatic N) is 2. The number of benzene rings is 1. The van der Waals surface area contributed by atoms with E-state index in [0.29, 0.717) is 11.0 Å². The third-order valence-corrected chi connectivity index (χ3v) is 4.51. The van der Waals surface area contributed by atoms with Gasteiger partial charge in [-0.05, 0) is 56.2 Å². The fraction of sp³-hybridized carbons (Fsp3) is 0.227. The lowest BCUT2D eigenvalue weighted by molar-refractivity contribution is -0.129. The standard InChI is InChI=1S/C22H20N2O4/c1-4-9-24-14(2)10-17(15(24)3)11-18(13-23)22(26)27-19-7-5-16-6-8-21(25)28-20(16)12-19/h5-8,10-12H,4,9H2,1-3H3/b18-11+. The van der Waals surface area contributed by atoms with Crippen molar-refractivity contribution in [3.63, 3.8) is 0 Å². The van der Waals surface area contributed by atoms with Crippen LogP contribution >= 0.6 is 0 Å². The van der Waals surface area contributed by atoms with E-state index in [4.69, 9.17) is 9.15 Å². The maximum atomic E-state index is 12.5. The second kappa shape index (κ2) is 7.97. The Morgan fingerprint density at radius 3 is 2.71 bits per heavy atom. The van der Waals surface area contributed by atoms with E-state index in [1.165, 1.54) is 18.2 Å². The van der Waals surface area contributed by atoms with Gasteiger partial charge in [-0.3, -0.25) is 0 Å². The molecular formula is C22H20N2O4. The average Bonchev–Trinajstić information content (AvgIpc) is 2.93. The fourth-order valence-corrected chi connectivity index (χ4v) is 3.10. The van der Waals surface area contributed by atoms with Crippen LogP contribution in [-0.4, -0.2) is 10.5 Å². The maximum absolute atomic E-state index is 12.5. The van der Waals surface area contributed by atoms with E-state index in [-0.39, 0.29) is 11.3 Å². The molecule has 2 heterocycles. The second-order valence-electron chi connectivity index (χ2n) is 6.49.